The zero-order valence-corrected chi connectivity index (χ0v) is 8.04. The van der Waals surface area contributed by atoms with E-state index in [4.69, 9.17) is 19.9 Å². The molecule has 0 radical (unpaired) electrons. The number of hydrogen-bond acceptors (Lipinski definition) is 4. The fraction of sp³-hybridized carbons (Fsp3) is 1.00. The van der Waals surface area contributed by atoms with Gasteiger partial charge in [0.2, 0.25) is 0 Å². The highest BCUT2D eigenvalue weighted by molar-refractivity contribution is 4.72. The summed E-state index contributed by atoms with van der Waals surface area (Å²) in [6, 6.07) is 0. The van der Waals surface area contributed by atoms with Gasteiger partial charge in [-0.2, -0.15) is 0 Å². The molecule has 4 nitrogen and oxygen atoms in total. The molecule has 0 aromatic heterocycles. The van der Waals surface area contributed by atoms with E-state index < -0.39 is 0 Å². The molecule has 0 heterocycles. The van der Waals surface area contributed by atoms with Crippen LogP contribution in [0.15, 0.2) is 0 Å². The van der Waals surface area contributed by atoms with E-state index in [0.717, 1.165) is 0 Å². The molecule has 1 rings (SSSR count). The molecule has 2 N–H and O–H groups in total. The first-order chi connectivity index (χ1) is 6.43. The molecule has 0 spiro atoms. The van der Waals surface area contributed by atoms with Crippen LogP contribution < -0.4 is 5.73 Å². The summed E-state index contributed by atoms with van der Waals surface area (Å²) in [5.41, 5.74) is 5.25. The second-order valence-electron chi connectivity index (χ2n) is 3.08. The van der Waals surface area contributed by atoms with Crippen molar-refractivity contribution < 1.29 is 14.2 Å². The van der Waals surface area contributed by atoms with Gasteiger partial charge in [-0.15, -0.1) is 0 Å². The molecule has 0 atom stereocenters. The normalized spacial score (nSPS) is 16.4. The molecule has 0 aliphatic heterocycles. The van der Waals surface area contributed by atoms with E-state index in [1.807, 2.05) is 0 Å². The van der Waals surface area contributed by atoms with Gasteiger partial charge in [0.1, 0.15) is 0 Å². The molecule has 0 bridgehead atoms. The summed E-state index contributed by atoms with van der Waals surface area (Å²) >= 11 is 0. The Balaban J connectivity index is 1.63. The molecule has 1 aliphatic carbocycles. The summed E-state index contributed by atoms with van der Waals surface area (Å²) in [7, 11) is 0. The third-order valence-electron chi connectivity index (χ3n) is 1.74. The lowest BCUT2D eigenvalue weighted by molar-refractivity contribution is 0.0118. The number of ether oxygens (including phenoxy) is 3. The Bertz CT molecular complexity index is 117. The minimum absolute atomic E-state index is 0.525. The molecule has 0 aromatic rings. The van der Waals surface area contributed by atoms with Crippen LogP contribution in [-0.4, -0.2) is 45.7 Å². The van der Waals surface area contributed by atoms with Gasteiger partial charge >= 0.3 is 0 Å². The summed E-state index contributed by atoms with van der Waals surface area (Å²) in [4.78, 5) is 0. The minimum atomic E-state index is 0.525. The van der Waals surface area contributed by atoms with E-state index in [-0.39, 0.29) is 0 Å². The van der Waals surface area contributed by atoms with Gasteiger partial charge in [0, 0.05) is 6.54 Å². The Labute approximate surface area is 79.3 Å². The lowest BCUT2D eigenvalue weighted by atomic mass is 10.7. The van der Waals surface area contributed by atoms with Gasteiger partial charge in [0.25, 0.3) is 0 Å². The predicted molar refractivity (Wildman–Crippen MR) is 49.7 cm³/mol. The molecule has 1 fully saturated rings. The molecule has 0 unspecified atom stereocenters. The van der Waals surface area contributed by atoms with Gasteiger partial charge in [-0.1, -0.05) is 0 Å². The van der Waals surface area contributed by atoms with Crippen LogP contribution in [0, 0.1) is 0 Å². The summed E-state index contributed by atoms with van der Waals surface area (Å²) < 4.78 is 15.8. The summed E-state index contributed by atoms with van der Waals surface area (Å²) in [6.07, 6.45) is 2.97. The second-order valence-corrected chi connectivity index (χ2v) is 3.08. The Hall–Kier alpha value is -0.160. The summed E-state index contributed by atoms with van der Waals surface area (Å²) in [5, 5.41) is 0. The van der Waals surface area contributed by atoms with Gasteiger partial charge in [-0.05, 0) is 12.8 Å². The van der Waals surface area contributed by atoms with E-state index in [2.05, 4.69) is 0 Å². The van der Waals surface area contributed by atoms with Crippen molar-refractivity contribution in [2.75, 3.05) is 39.6 Å². The van der Waals surface area contributed by atoms with E-state index in [1.165, 1.54) is 12.8 Å². The predicted octanol–water partition coefficient (Wildman–Crippen LogP) is 0.157. The van der Waals surface area contributed by atoms with Crippen LogP contribution in [0.5, 0.6) is 0 Å². The molecule has 13 heavy (non-hydrogen) atoms. The lowest BCUT2D eigenvalue weighted by Crippen LogP contribution is -2.13. The molecule has 0 aromatic carbocycles. The number of nitrogens with two attached hydrogens (primary N) is 1. The fourth-order valence-electron chi connectivity index (χ4n) is 0.914. The smallest absolute Gasteiger partial charge is 0.0704 e. The molecule has 4 heteroatoms. The molecule has 78 valence electrons. The highest BCUT2D eigenvalue weighted by Crippen LogP contribution is 2.22. The monoisotopic (exact) mass is 189 g/mol. The van der Waals surface area contributed by atoms with E-state index >= 15 is 0 Å². The molecular weight excluding hydrogens is 170 g/mol. The van der Waals surface area contributed by atoms with Crippen molar-refractivity contribution in [3.05, 3.63) is 0 Å². The van der Waals surface area contributed by atoms with Crippen molar-refractivity contribution in [1.82, 2.24) is 0 Å². The van der Waals surface area contributed by atoms with Crippen LogP contribution in [0.25, 0.3) is 0 Å². The Morgan fingerprint density at radius 1 is 0.923 bits per heavy atom. The zero-order chi connectivity index (χ0) is 9.36. The molecule has 1 aliphatic rings. The van der Waals surface area contributed by atoms with E-state index in [1.54, 1.807) is 0 Å². The van der Waals surface area contributed by atoms with Crippen molar-refractivity contribution in [2.24, 2.45) is 5.73 Å². The van der Waals surface area contributed by atoms with Crippen molar-refractivity contribution in [2.45, 2.75) is 18.9 Å². The average Bonchev–Trinajstić information content (AvgIpc) is 2.93. The van der Waals surface area contributed by atoms with Gasteiger partial charge < -0.3 is 19.9 Å². The van der Waals surface area contributed by atoms with Crippen molar-refractivity contribution >= 4 is 0 Å². The van der Waals surface area contributed by atoms with Crippen LogP contribution in [0.3, 0.4) is 0 Å². The van der Waals surface area contributed by atoms with Gasteiger partial charge in [-0.25, -0.2) is 0 Å². The number of hydrogen-bond donors (Lipinski definition) is 1. The van der Waals surface area contributed by atoms with Gasteiger partial charge in [-0.3, -0.25) is 0 Å². The molecule has 0 amide bonds. The third kappa shape index (κ3) is 6.95. The maximum absolute atomic E-state index is 5.39. The van der Waals surface area contributed by atoms with Crippen LogP contribution in [0.1, 0.15) is 12.8 Å². The first-order valence-corrected chi connectivity index (χ1v) is 4.90. The van der Waals surface area contributed by atoms with Crippen LogP contribution in [-0.2, 0) is 14.2 Å². The number of rotatable bonds is 9. The van der Waals surface area contributed by atoms with E-state index in [0.29, 0.717) is 45.7 Å². The topological polar surface area (TPSA) is 53.7 Å². The summed E-state index contributed by atoms with van der Waals surface area (Å²) in [6.45, 7) is 3.82. The average molecular weight is 189 g/mol. The van der Waals surface area contributed by atoms with Crippen molar-refractivity contribution in [3.8, 4) is 0 Å². The fourth-order valence-corrected chi connectivity index (χ4v) is 0.914. The van der Waals surface area contributed by atoms with Crippen LogP contribution in [0.2, 0.25) is 0 Å². The maximum atomic E-state index is 5.39. The standard InChI is InChI=1S/C9H19NO3/c10-3-4-11-5-6-12-7-8-13-9-1-2-9/h9H,1-8,10H2. The van der Waals surface area contributed by atoms with Crippen LogP contribution >= 0.6 is 0 Å². The van der Waals surface area contributed by atoms with Crippen LogP contribution in [0.4, 0.5) is 0 Å². The highest BCUT2D eigenvalue weighted by atomic mass is 16.5. The maximum Gasteiger partial charge on any atom is 0.0704 e. The second kappa shape index (κ2) is 7.26. The minimum Gasteiger partial charge on any atom is -0.378 e. The van der Waals surface area contributed by atoms with Crippen molar-refractivity contribution in [3.63, 3.8) is 0 Å². The Kier molecular flexibility index (Phi) is 6.10. The first-order valence-electron chi connectivity index (χ1n) is 4.90. The third-order valence-corrected chi connectivity index (χ3v) is 1.74. The Morgan fingerprint density at radius 3 is 2.15 bits per heavy atom. The zero-order valence-electron chi connectivity index (χ0n) is 8.04. The highest BCUT2D eigenvalue weighted by Gasteiger charge is 2.21. The Morgan fingerprint density at radius 2 is 1.54 bits per heavy atom. The van der Waals surface area contributed by atoms with Crippen molar-refractivity contribution in [1.29, 1.82) is 0 Å². The largest absolute Gasteiger partial charge is 0.378 e. The molecule has 1 saturated carbocycles. The molecule has 0 saturated heterocycles. The van der Waals surface area contributed by atoms with E-state index in [9.17, 15) is 0 Å². The first kappa shape index (κ1) is 10.9. The van der Waals surface area contributed by atoms with Gasteiger partial charge in [0.05, 0.1) is 39.1 Å². The van der Waals surface area contributed by atoms with Gasteiger partial charge in [0.15, 0.2) is 0 Å². The quantitative estimate of drug-likeness (QED) is 0.525. The SMILES string of the molecule is NCCOCCOCCOC1CC1. The molecular formula is C9H19NO3. The lowest BCUT2D eigenvalue weighted by Gasteiger charge is -2.05. The summed E-state index contributed by atoms with van der Waals surface area (Å²) in [5.74, 6) is 0.